The summed E-state index contributed by atoms with van der Waals surface area (Å²) in [5.74, 6) is -4.27. The van der Waals surface area contributed by atoms with E-state index in [-0.39, 0.29) is 55.1 Å². The molecule has 0 aromatic carbocycles. The van der Waals surface area contributed by atoms with Crippen molar-refractivity contribution in [2.75, 3.05) is 12.3 Å². The number of ether oxygens (including phenoxy) is 1. The van der Waals surface area contributed by atoms with Crippen molar-refractivity contribution in [3.05, 3.63) is 0 Å². The Morgan fingerprint density at radius 2 is 1.60 bits per heavy atom. The van der Waals surface area contributed by atoms with E-state index in [2.05, 4.69) is 16.0 Å². The number of amides is 5. The fourth-order valence-corrected chi connectivity index (χ4v) is 7.73. The first kappa shape index (κ1) is 36.2. The van der Waals surface area contributed by atoms with Crippen LogP contribution in [-0.4, -0.2) is 94.1 Å². The van der Waals surface area contributed by atoms with Gasteiger partial charge in [0.2, 0.25) is 5.91 Å². The average Bonchev–Trinajstić information content (AvgIpc) is 3.60. The van der Waals surface area contributed by atoms with E-state index in [0.717, 1.165) is 12.8 Å². The van der Waals surface area contributed by atoms with Crippen molar-refractivity contribution in [3.63, 3.8) is 0 Å². The van der Waals surface area contributed by atoms with Crippen molar-refractivity contribution in [2.24, 2.45) is 0 Å². The van der Waals surface area contributed by atoms with Crippen molar-refractivity contribution in [2.45, 2.75) is 112 Å². The van der Waals surface area contributed by atoms with Gasteiger partial charge < -0.3 is 25.5 Å². The number of thioether (sulfide) groups is 1. The predicted octanol–water partition coefficient (Wildman–Crippen LogP) is 0.883. The van der Waals surface area contributed by atoms with E-state index < -0.39 is 62.3 Å². The first-order chi connectivity index (χ1) is 21.3. The number of hydroxylamine groups is 2. The number of nitrogens with one attached hydrogen (secondary N) is 3. The lowest BCUT2D eigenvalue weighted by Gasteiger charge is -2.32. The van der Waals surface area contributed by atoms with Crippen LogP contribution in [0.5, 0.6) is 0 Å². The van der Waals surface area contributed by atoms with E-state index >= 15 is 0 Å². The molecule has 1 unspecified atom stereocenters. The fourth-order valence-electron chi connectivity index (χ4n) is 5.38. The number of hydrogen-bond donors (Lipinski definition) is 4. The Morgan fingerprint density at radius 3 is 2.24 bits per heavy atom. The zero-order chi connectivity index (χ0) is 33.2. The van der Waals surface area contributed by atoms with Gasteiger partial charge in [0, 0.05) is 31.6 Å². The largest absolute Gasteiger partial charge is 0.393 e. The Bertz CT molecular complexity index is 1280. The number of hydrogen-bond acceptors (Lipinski definition) is 12. The summed E-state index contributed by atoms with van der Waals surface area (Å²) < 4.78 is 35.4. The van der Waals surface area contributed by atoms with Gasteiger partial charge in [0.05, 0.1) is 18.5 Å². The number of esters is 2. The molecule has 252 valence electrons. The maximum absolute atomic E-state index is 13.5. The summed E-state index contributed by atoms with van der Waals surface area (Å²) in [6.07, 6.45) is 4.24. The van der Waals surface area contributed by atoms with Crippen LogP contribution >= 0.6 is 11.8 Å². The molecule has 0 aromatic heterocycles. The van der Waals surface area contributed by atoms with Crippen LogP contribution in [-0.2, 0) is 48.5 Å². The number of carbonyl (C=O) groups excluding carboxylic acids is 7. The van der Waals surface area contributed by atoms with E-state index in [4.69, 9.17) is 14.1 Å². The third kappa shape index (κ3) is 9.87. The Hall–Kier alpha value is -3.25. The predicted molar refractivity (Wildman–Crippen MR) is 158 cm³/mol. The molecule has 0 aliphatic carbocycles. The molecule has 0 radical (unpaired) electrons. The highest BCUT2D eigenvalue weighted by Gasteiger charge is 2.57. The van der Waals surface area contributed by atoms with E-state index in [0.29, 0.717) is 44.4 Å². The van der Waals surface area contributed by atoms with Gasteiger partial charge in [0.15, 0.2) is 5.25 Å². The molecule has 4 atom stereocenters. The topological polar surface area (TPSA) is 232 Å². The lowest BCUT2D eigenvalue weighted by atomic mass is 9.88. The highest BCUT2D eigenvalue weighted by molar-refractivity contribution is 8.01. The van der Waals surface area contributed by atoms with E-state index in [1.165, 1.54) is 11.8 Å². The molecule has 3 saturated heterocycles. The minimum atomic E-state index is -4.84. The summed E-state index contributed by atoms with van der Waals surface area (Å²) in [5.41, 5.74) is 0. The number of nitrogens with zero attached hydrogens (tertiary/aromatic N) is 1. The second-order valence-electron chi connectivity index (χ2n) is 11.2. The van der Waals surface area contributed by atoms with Crippen LogP contribution in [0.25, 0.3) is 0 Å². The maximum atomic E-state index is 13.5. The van der Waals surface area contributed by atoms with Crippen molar-refractivity contribution in [3.8, 4) is 0 Å². The number of rotatable bonds is 18. The molecule has 18 heteroatoms. The van der Waals surface area contributed by atoms with Crippen LogP contribution in [0.3, 0.4) is 0 Å². The van der Waals surface area contributed by atoms with Gasteiger partial charge in [-0.3, -0.25) is 28.5 Å². The van der Waals surface area contributed by atoms with Gasteiger partial charge >= 0.3 is 23.9 Å². The lowest BCUT2D eigenvalue weighted by molar-refractivity contribution is -0.197. The molecule has 0 aromatic rings. The molecule has 0 saturated carbocycles. The molecule has 16 nitrogen and oxygen atoms in total. The van der Waals surface area contributed by atoms with E-state index in [1.807, 2.05) is 6.92 Å². The monoisotopic (exact) mass is 676 g/mol. The number of imide groups is 1. The lowest BCUT2D eigenvalue weighted by Crippen LogP contribution is -2.56. The first-order valence-corrected chi connectivity index (χ1v) is 17.5. The van der Waals surface area contributed by atoms with Gasteiger partial charge in [-0.25, -0.2) is 9.59 Å². The summed E-state index contributed by atoms with van der Waals surface area (Å²) in [6, 6.07) is -1.15. The molecule has 3 aliphatic heterocycles. The SMILES string of the molecule is CCCCCC(=O)OC(=O)CCCCCNC(=O)[C@@]1(CCCCC(=O)ON2C(=O)CC(S(=O)(=O)O)C2=O)SC[C@@H]2NC(=O)N[C@@H]21. The van der Waals surface area contributed by atoms with Crippen molar-refractivity contribution >= 4 is 63.5 Å². The summed E-state index contributed by atoms with van der Waals surface area (Å²) in [6.45, 7) is 2.33. The Kier molecular flexibility index (Phi) is 13.2. The van der Waals surface area contributed by atoms with Gasteiger partial charge in [-0.15, -0.1) is 16.8 Å². The molecule has 3 fully saturated rings. The van der Waals surface area contributed by atoms with E-state index in [9.17, 15) is 42.0 Å². The summed E-state index contributed by atoms with van der Waals surface area (Å²) >= 11 is 1.39. The van der Waals surface area contributed by atoms with Crippen LogP contribution in [0.15, 0.2) is 0 Å². The molecule has 0 spiro atoms. The molecule has 3 rings (SSSR count). The summed E-state index contributed by atoms with van der Waals surface area (Å²) in [4.78, 5) is 90.0. The van der Waals surface area contributed by atoms with Crippen molar-refractivity contribution in [1.29, 1.82) is 0 Å². The number of carbonyl (C=O) groups is 7. The summed E-state index contributed by atoms with van der Waals surface area (Å²) in [5, 5.41) is 6.55. The minimum Gasteiger partial charge on any atom is -0.393 e. The van der Waals surface area contributed by atoms with Gasteiger partial charge in [0.25, 0.3) is 21.9 Å². The van der Waals surface area contributed by atoms with Gasteiger partial charge in [0.1, 0.15) is 4.75 Å². The Balaban J connectivity index is 1.43. The molecular formula is C27H40N4O12S2. The minimum absolute atomic E-state index is 0.0456. The first-order valence-electron chi connectivity index (χ1n) is 15.0. The van der Waals surface area contributed by atoms with Crippen LogP contribution in [0.2, 0.25) is 0 Å². The smallest absolute Gasteiger partial charge is 0.333 e. The Labute approximate surface area is 265 Å². The second kappa shape index (κ2) is 16.4. The number of urea groups is 1. The quantitative estimate of drug-likeness (QED) is 0.0395. The Morgan fingerprint density at radius 1 is 0.956 bits per heavy atom. The molecule has 4 N–H and O–H groups in total. The second-order valence-corrected chi connectivity index (χ2v) is 14.1. The third-order valence-electron chi connectivity index (χ3n) is 7.76. The molecular weight excluding hydrogens is 636 g/mol. The standard InChI is InChI=1S/C27H40N4O12S2/c1-2-3-5-10-20(33)42-21(34)11-6-4-9-14-28-25(37)27(23-17(16-44-27)29-26(38)30-23)13-8-7-12-22(35)43-31-19(32)15-18(24(31)36)45(39,40)41/h17-18,23H,2-16H2,1H3,(H,28,37)(H2,29,30,38)(H,39,40,41)/t17-,18?,23-,27-/m0/s1. The number of fused-ring (bicyclic) bond motifs is 1. The van der Waals surface area contributed by atoms with Crippen molar-refractivity contribution in [1.82, 2.24) is 21.0 Å². The van der Waals surface area contributed by atoms with Crippen molar-refractivity contribution < 1.29 is 56.1 Å². The number of unbranched alkanes of at least 4 members (excludes halogenated alkanes) is 5. The van der Waals surface area contributed by atoms with Crippen LogP contribution in [0, 0.1) is 0 Å². The molecule has 3 heterocycles. The van der Waals surface area contributed by atoms with Crippen LogP contribution in [0.1, 0.15) is 90.4 Å². The molecule has 3 aliphatic rings. The van der Waals surface area contributed by atoms with E-state index in [1.54, 1.807) is 0 Å². The fraction of sp³-hybridized carbons (Fsp3) is 0.741. The van der Waals surface area contributed by atoms with Gasteiger partial charge in [-0.2, -0.15) is 8.42 Å². The van der Waals surface area contributed by atoms with Gasteiger partial charge in [-0.1, -0.05) is 32.6 Å². The van der Waals surface area contributed by atoms with Crippen LogP contribution in [0.4, 0.5) is 4.79 Å². The van der Waals surface area contributed by atoms with Gasteiger partial charge in [-0.05, 0) is 32.1 Å². The zero-order valence-corrected chi connectivity index (χ0v) is 26.7. The van der Waals surface area contributed by atoms with Crippen LogP contribution < -0.4 is 16.0 Å². The maximum Gasteiger partial charge on any atom is 0.333 e. The molecule has 0 bridgehead atoms. The third-order valence-corrected chi connectivity index (χ3v) is 10.5. The molecule has 5 amide bonds. The zero-order valence-electron chi connectivity index (χ0n) is 25.0. The highest BCUT2D eigenvalue weighted by atomic mass is 32.2. The normalized spacial score (nSPS) is 24.2. The summed E-state index contributed by atoms with van der Waals surface area (Å²) in [7, 11) is -4.84. The average molecular weight is 677 g/mol. The highest BCUT2D eigenvalue weighted by Crippen LogP contribution is 2.44. The molecule has 45 heavy (non-hydrogen) atoms.